The second kappa shape index (κ2) is 4.38. The number of aryl methyl sites for hydroxylation is 1. The molecule has 0 saturated carbocycles. The summed E-state index contributed by atoms with van der Waals surface area (Å²) in [5.41, 5.74) is 1.22. The van der Waals surface area contributed by atoms with Crippen molar-refractivity contribution in [3.05, 3.63) is 30.1 Å². The summed E-state index contributed by atoms with van der Waals surface area (Å²) >= 11 is 0. The molecule has 1 aliphatic heterocycles. The molecule has 0 bridgehead atoms. The average Bonchev–Trinajstić information content (AvgIpc) is 2.69. The molecule has 0 aliphatic carbocycles. The first-order chi connectivity index (χ1) is 6.45. The molecule has 1 aliphatic rings. The van der Waals surface area contributed by atoms with Crippen LogP contribution in [0.1, 0.15) is 25.0 Å². The Labute approximate surface area is 79.4 Å². The quantitative estimate of drug-likeness (QED) is 0.759. The molecule has 0 aromatic carbocycles. The highest BCUT2D eigenvalue weighted by molar-refractivity contribution is 5.03. The largest absolute Gasteiger partial charge is 0.314 e. The summed E-state index contributed by atoms with van der Waals surface area (Å²) in [5, 5.41) is 3.50. The van der Waals surface area contributed by atoms with Crippen LogP contribution in [0.25, 0.3) is 0 Å². The molecule has 1 aromatic heterocycles. The van der Waals surface area contributed by atoms with Gasteiger partial charge in [-0.05, 0) is 44.4 Å². The summed E-state index contributed by atoms with van der Waals surface area (Å²) in [6.45, 7) is 1.20. The molecule has 2 rings (SSSR count). The summed E-state index contributed by atoms with van der Waals surface area (Å²) in [7, 11) is 0. The van der Waals surface area contributed by atoms with Gasteiger partial charge >= 0.3 is 0 Å². The maximum atomic E-state index is 4.31. The molecule has 1 N–H and O–H groups in total. The van der Waals surface area contributed by atoms with Crippen LogP contribution in [-0.4, -0.2) is 17.6 Å². The molecule has 1 aromatic rings. The minimum atomic E-state index is 0.738. The van der Waals surface area contributed by atoms with E-state index in [9.17, 15) is 0 Å². The van der Waals surface area contributed by atoms with Gasteiger partial charge in [0.2, 0.25) is 0 Å². The minimum Gasteiger partial charge on any atom is -0.314 e. The first-order valence-electron chi connectivity index (χ1n) is 5.08. The Bertz CT molecular complexity index is 240. The number of nitrogens with zero attached hydrogens (tertiary/aromatic N) is 1. The molecule has 13 heavy (non-hydrogen) atoms. The van der Waals surface area contributed by atoms with E-state index in [-0.39, 0.29) is 0 Å². The van der Waals surface area contributed by atoms with E-state index in [0.29, 0.717) is 0 Å². The van der Waals surface area contributed by atoms with Crippen LogP contribution in [0.4, 0.5) is 0 Å². The van der Waals surface area contributed by atoms with Crippen molar-refractivity contribution in [3.63, 3.8) is 0 Å². The highest BCUT2D eigenvalue weighted by atomic mass is 14.9. The van der Waals surface area contributed by atoms with Gasteiger partial charge in [-0.1, -0.05) is 6.07 Å². The molecule has 1 fully saturated rings. The van der Waals surface area contributed by atoms with Crippen LogP contribution in [0.5, 0.6) is 0 Å². The third-order valence-electron chi connectivity index (χ3n) is 2.64. The lowest BCUT2D eigenvalue weighted by Gasteiger charge is -2.08. The molecule has 0 amide bonds. The number of hydrogen-bond donors (Lipinski definition) is 1. The lowest BCUT2D eigenvalue weighted by molar-refractivity contribution is 0.555. The molecular formula is C11H16N2. The zero-order valence-electron chi connectivity index (χ0n) is 7.87. The van der Waals surface area contributed by atoms with E-state index in [0.717, 1.165) is 12.5 Å². The summed E-state index contributed by atoms with van der Waals surface area (Å²) in [5.74, 6) is 0. The predicted molar refractivity (Wildman–Crippen MR) is 53.6 cm³/mol. The van der Waals surface area contributed by atoms with Gasteiger partial charge in [-0.3, -0.25) is 4.98 Å². The zero-order chi connectivity index (χ0) is 8.93. The van der Waals surface area contributed by atoms with Gasteiger partial charge < -0.3 is 5.32 Å². The van der Waals surface area contributed by atoms with Crippen LogP contribution < -0.4 is 5.32 Å². The van der Waals surface area contributed by atoms with Crippen LogP contribution in [0.3, 0.4) is 0 Å². The second-order valence-electron chi connectivity index (χ2n) is 3.65. The van der Waals surface area contributed by atoms with Gasteiger partial charge in [0.05, 0.1) is 0 Å². The molecule has 1 atom stereocenters. The highest BCUT2D eigenvalue weighted by Crippen LogP contribution is 2.11. The van der Waals surface area contributed by atoms with E-state index in [1.165, 1.54) is 31.5 Å². The Morgan fingerprint density at radius 1 is 1.46 bits per heavy atom. The van der Waals surface area contributed by atoms with Gasteiger partial charge in [0, 0.05) is 17.9 Å². The van der Waals surface area contributed by atoms with Crippen molar-refractivity contribution in [2.75, 3.05) is 6.54 Å². The molecule has 1 saturated heterocycles. The lowest BCUT2D eigenvalue weighted by Crippen LogP contribution is -2.21. The fraction of sp³-hybridized carbons (Fsp3) is 0.545. The van der Waals surface area contributed by atoms with Crippen LogP contribution in [0.15, 0.2) is 24.4 Å². The van der Waals surface area contributed by atoms with E-state index < -0.39 is 0 Å². The number of hydrogen-bond acceptors (Lipinski definition) is 2. The molecule has 2 nitrogen and oxygen atoms in total. The Morgan fingerprint density at radius 3 is 3.15 bits per heavy atom. The summed E-state index contributed by atoms with van der Waals surface area (Å²) < 4.78 is 0. The van der Waals surface area contributed by atoms with Gasteiger partial charge in [-0.25, -0.2) is 0 Å². The smallest absolute Gasteiger partial charge is 0.0404 e. The highest BCUT2D eigenvalue weighted by Gasteiger charge is 2.13. The van der Waals surface area contributed by atoms with Crippen LogP contribution >= 0.6 is 0 Å². The maximum absolute atomic E-state index is 4.31. The van der Waals surface area contributed by atoms with Crippen molar-refractivity contribution in [2.45, 2.75) is 31.7 Å². The lowest BCUT2D eigenvalue weighted by atomic mass is 10.1. The monoisotopic (exact) mass is 176 g/mol. The van der Waals surface area contributed by atoms with E-state index >= 15 is 0 Å². The van der Waals surface area contributed by atoms with E-state index in [2.05, 4.69) is 22.4 Å². The van der Waals surface area contributed by atoms with Crippen molar-refractivity contribution >= 4 is 0 Å². The standard InChI is InChI=1S/C11H16N2/c1-2-8-12-10(4-1)6-7-11-5-3-9-13-11/h1-2,4,8,11,13H,3,5-7,9H2/t11-/m0/s1. The Morgan fingerprint density at radius 2 is 2.46 bits per heavy atom. The molecule has 0 spiro atoms. The minimum absolute atomic E-state index is 0.738. The van der Waals surface area contributed by atoms with Gasteiger partial charge in [0.25, 0.3) is 0 Å². The van der Waals surface area contributed by atoms with Crippen LogP contribution in [-0.2, 0) is 6.42 Å². The molecule has 0 unspecified atom stereocenters. The zero-order valence-corrected chi connectivity index (χ0v) is 7.87. The number of rotatable bonds is 3. The second-order valence-corrected chi connectivity index (χ2v) is 3.65. The first-order valence-corrected chi connectivity index (χ1v) is 5.08. The Kier molecular flexibility index (Phi) is 2.93. The van der Waals surface area contributed by atoms with Crippen molar-refractivity contribution in [1.29, 1.82) is 0 Å². The fourth-order valence-corrected chi connectivity index (χ4v) is 1.87. The predicted octanol–water partition coefficient (Wildman–Crippen LogP) is 1.77. The Hall–Kier alpha value is -0.890. The van der Waals surface area contributed by atoms with E-state index in [1.807, 2.05) is 12.3 Å². The van der Waals surface area contributed by atoms with Gasteiger partial charge in [-0.2, -0.15) is 0 Å². The summed E-state index contributed by atoms with van der Waals surface area (Å²) in [6.07, 6.45) is 6.90. The average molecular weight is 176 g/mol. The number of aromatic nitrogens is 1. The van der Waals surface area contributed by atoms with E-state index in [4.69, 9.17) is 0 Å². The molecular weight excluding hydrogens is 160 g/mol. The van der Waals surface area contributed by atoms with Crippen molar-refractivity contribution in [1.82, 2.24) is 10.3 Å². The first kappa shape index (κ1) is 8.70. The van der Waals surface area contributed by atoms with E-state index in [1.54, 1.807) is 0 Å². The van der Waals surface area contributed by atoms with Crippen LogP contribution in [0.2, 0.25) is 0 Å². The Balaban J connectivity index is 1.79. The van der Waals surface area contributed by atoms with Gasteiger partial charge in [0.15, 0.2) is 0 Å². The van der Waals surface area contributed by atoms with Crippen molar-refractivity contribution < 1.29 is 0 Å². The molecule has 70 valence electrons. The van der Waals surface area contributed by atoms with Gasteiger partial charge in [0.1, 0.15) is 0 Å². The molecule has 2 heterocycles. The van der Waals surface area contributed by atoms with Crippen molar-refractivity contribution in [2.24, 2.45) is 0 Å². The summed E-state index contributed by atoms with van der Waals surface area (Å²) in [6, 6.07) is 6.87. The normalized spacial score (nSPS) is 22.0. The fourth-order valence-electron chi connectivity index (χ4n) is 1.87. The van der Waals surface area contributed by atoms with Crippen molar-refractivity contribution in [3.8, 4) is 0 Å². The number of nitrogens with one attached hydrogen (secondary N) is 1. The number of pyridine rings is 1. The topological polar surface area (TPSA) is 24.9 Å². The molecule has 0 radical (unpaired) electrons. The maximum Gasteiger partial charge on any atom is 0.0404 e. The SMILES string of the molecule is c1ccc(CC[C@@H]2CCCN2)nc1. The van der Waals surface area contributed by atoms with Gasteiger partial charge in [-0.15, -0.1) is 0 Å². The summed E-state index contributed by atoms with van der Waals surface area (Å²) in [4.78, 5) is 4.31. The third-order valence-corrected chi connectivity index (χ3v) is 2.64. The third kappa shape index (κ3) is 2.52. The van der Waals surface area contributed by atoms with Crippen LogP contribution in [0, 0.1) is 0 Å². The molecule has 2 heteroatoms.